The zero-order chi connectivity index (χ0) is 23.4. The minimum Gasteiger partial charge on any atom is -0.503 e. The first-order valence-electron chi connectivity index (χ1n) is 10.5. The second kappa shape index (κ2) is 9.68. The monoisotopic (exact) mass is 437 g/mol. The number of Topliss-reactive ketones (excluding diaryl/α,β-unsaturated/α-hetero) is 1. The molecule has 1 aliphatic heterocycles. The molecule has 1 unspecified atom stereocenters. The van der Waals surface area contributed by atoms with Gasteiger partial charge < -0.3 is 14.6 Å². The Balaban J connectivity index is 2.14. The van der Waals surface area contributed by atoms with Crippen molar-refractivity contribution in [3.8, 4) is 5.75 Å². The molecule has 0 saturated carbocycles. The minimum absolute atomic E-state index is 0.0403. The number of anilines is 1. The van der Waals surface area contributed by atoms with Crippen molar-refractivity contribution in [2.75, 3.05) is 18.6 Å². The molecule has 32 heavy (non-hydrogen) atoms. The van der Waals surface area contributed by atoms with Gasteiger partial charge in [0.1, 0.15) is 5.75 Å². The number of nitrogens with zero attached hydrogens (tertiary/aromatic N) is 1. The fourth-order valence-corrected chi connectivity index (χ4v) is 3.76. The van der Waals surface area contributed by atoms with E-state index in [1.165, 1.54) is 18.1 Å². The van der Waals surface area contributed by atoms with Gasteiger partial charge in [0.25, 0.3) is 5.91 Å². The molecule has 0 spiro atoms. The number of hydrogen-bond donors (Lipinski definition) is 1. The van der Waals surface area contributed by atoms with Gasteiger partial charge in [-0.15, -0.1) is 0 Å². The summed E-state index contributed by atoms with van der Waals surface area (Å²) in [6, 6.07) is 12.5. The molecule has 0 bridgehead atoms. The number of ether oxygens (including phenoxy) is 2. The summed E-state index contributed by atoms with van der Waals surface area (Å²) in [5, 5.41) is 10.7. The lowest BCUT2D eigenvalue weighted by atomic mass is 9.92. The Labute approximate surface area is 187 Å². The summed E-state index contributed by atoms with van der Waals surface area (Å²) >= 11 is 0. The van der Waals surface area contributed by atoms with E-state index in [4.69, 9.17) is 9.47 Å². The van der Waals surface area contributed by atoms with Gasteiger partial charge in [-0.3, -0.25) is 14.5 Å². The summed E-state index contributed by atoms with van der Waals surface area (Å²) in [5.74, 6) is -1.51. The van der Waals surface area contributed by atoms with Gasteiger partial charge in [-0.05, 0) is 48.7 Å². The summed E-state index contributed by atoms with van der Waals surface area (Å²) in [6.07, 6.45) is 0.184. The van der Waals surface area contributed by atoms with Gasteiger partial charge >= 0.3 is 5.97 Å². The van der Waals surface area contributed by atoms with Gasteiger partial charge in [0.2, 0.25) is 0 Å². The third-order valence-electron chi connectivity index (χ3n) is 5.15. The Morgan fingerprint density at radius 3 is 2.50 bits per heavy atom. The number of esters is 1. The van der Waals surface area contributed by atoms with Crippen LogP contribution in [0.5, 0.6) is 5.75 Å². The topological polar surface area (TPSA) is 93.1 Å². The molecule has 1 aliphatic rings. The molecule has 0 saturated heterocycles. The van der Waals surface area contributed by atoms with Crippen molar-refractivity contribution in [3.63, 3.8) is 0 Å². The molecule has 2 aromatic carbocycles. The molecular weight excluding hydrogens is 410 g/mol. The number of hydrogen-bond acceptors (Lipinski definition) is 6. The predicted octanol–water partition coefficient (Wildman–Crippen LogP) is 4.39. The predicted molar refractivity (Wildman–Crippen MR) is 120 cm³/mol. The number of carbonyl (C=O) groups excluding carboxylic acids is 3. The summed E-state index contributed by atoms with van der Waals surface area (Å²) in [7, 11) is 1.53. The highest BCUT2D eigenvalue weighted by Crippen LogP contribution is 2.42. The van der Waals surface area contributed by atoms with Crippen LogP contribution in [0.1, 0.15) is 49.2 Å². The third kappa shape index (κ3) is 4.51. The van der Waals surface area contributed by atoms with E-state index in [1.54, 1.807) is 49.4 Å². The van der Waals surface area contributed by atoms with Gasteiger partial charge in [0.05, 0.1) is 30.9 Å². The van der Waals surface area contributed by atoms with E-state index in [1.807, 2.05) is 13.8 Å². The molecule has 1 heterocycles. The highest BCUT2D eigenvalue weighted by atomic mass is 16.5. The van der Waals surface area contributed by atoms with Crippen LogP contribution in [0.25, 0.3) is 0 Å². The molecule has 0 fully saturated rings. The first kappa shape index (κ1) is 23.1. The number of methoxy groups -OCH3 is 1. The van der Waals surface area contributed by atoms with Crippen molar-refractivity contribution in [2.45, 2.75) is 33.2 Å². The summed E-state index contributed by atoms with van der Waals surface area (Å²) in [5.41, 5.74) is 1.28. The van der Waals surface area contributed by atoms with E-state index < -0.39 is 23.7 Å². The zero-order valence-electron chi connectivity index (χ0n) is 18.6. The average molecular weight is 437 g/mol. The van der Waals surface area contributed by atoms with E-state index in [-0.39, 0.29) is 35.9 Å². The van der Waals surface area contributed by atoms with Gasteiger partial charge in [-0.1, -0.05) is 32.0 Å². The molecule has 2 aromatic rings. The van der Waals surface area contributed by atoms with E-state index in [2.05, 4.69) is 0 Å². The van der Waals surface area contributed by atoms with E-state index in [0.717, 1.165) is 0 Å². The maximum atomic E-state index is 13.2. The average Bonchev–Trinajstić information content (AvgIpc) is 3.04. The normalized spacial score (nSPS) is 16.0. The number of benzene rings is 2. The molecule has 168 valence electrons. The van der Waals surface area contributed by atoms with Crippen LogP contribution < -0.4 is 9.64 Å². The molecule has 1 N–H and O–H groups in total. The Bertz CT molecular complexity index is 1070. The SMILES string of the molecule is CCOC(=O)c1cccc(N2C(=O)C(O)=C(C(=O)CC(C)C)C2c2cccc(OC)c2)c1. The summed E-state index contributed by atoms with van der Waals surface area (Å²) < 4.78 is 10.4. The van der Waals surface area contributed by atoms with Crippen LogP contribution in [0.4, 0.5) is 5.69 Å². The molecule has 1 atom stereocenters. The van der Waals surface area contributed by atoms with Crippen LogP contribution in [-0.4, -0.2) is 36.5 Å². The van der Waals surface area contributed by atoms with Crippen LogP contribution in [0.3, 0.4) is 0 Å². The third-order valence-corrected chi connectivity index (χ3v) is 5.15. The molecule has 1 amide bonds. The van der Waals surface area contributed by atoms with Gasteiger partial charge in [-0.25, -0.2) is 4.79 Å². The number of carbonyl (C=O) groups is 3. The largest absolute Gasteiger partial charge is 0.503 e. The smallest absolute Gasteiger partial charge is 0.338 e. The molecule has 3 rings (SSSR count). The van der Waals surface area contributed by atoms with E-state index in [0.29, 0.717) is 17.0 Å². The Morgan fingerprint density at radius 1 is 1.12 bits per heavy atom. The van der Waals surface area contributed by atoms with Gasteiger partial charge in [0, 0.05) is 12.1 Å². The molecule has 0 aliphatic carbocycles. The molecule has 7 nitrogen and oxygen atoms in total. The van der Waals surface area contributed by atoms with Gasteiger partial charge in [0.15, 0.2) is 11.5 Å². The van der Waals surface area contributed by atoms with Crippen molar-refractivity contribution >= 4 is 23.3 Å². The fraction of sp³-hybridized carbons (Fsp3) is 0.320. The molecule has 7 heteroatoms. The van der Waals surface area contributed by atoms with Crippen molar-refractivity contribution in [3.05, 3.63) is 71.0 Å². The molecule has 0 aromatic heterocycles. The number of aliphatic hydroxyl groups excluding tert-OH is 1. The van der Waals surface area contributed by atoms with Crippen LogP contribution in [0.15, 0.2) is 59.9 Å². The van der Waals surface area contributed by atoms with Crippen molar-refractivity contribution in [1.29, 1.82) is 0 Å². The zero-order valence-corrected chi connectivity index (χ0v) is 18.6. The lowest BCUT2D eigenvalue weighted by Gasteiger charge is -2.27. The maximum absolute atomic E-state index is 13.2. The lowest BCUT2D eigenvalue weighted by molar-refractivity contribution is -0.118. The van der Waals surface area contributed by atoms with Crippen LogP contribution in [-0.2, 0) is 14.3 Å². The number of ketones is 1. The van der Waals surface area contributed by atoms with Crippen molar-refractivity contribution in [1.82, 2.24) is 0 Å². The Hall–Kier alpha value is -3.61. The molecule has 0 radical (unpaired) electrons. The van der Waals surface area contributed by atoms with Crippen LogP contribution in [0.2, 0.25) is 0 Å². The quantitative estimate of drug-likeness (QED) is 0.616. The first-order chi connectivity index (χ1) is 15.3. The molecular formula is C25H27NO6. The second-order valence-electron chi connectivity index (χ2n) is 7.91. The first-order valence-corrected chi connectivity index (χ1v) is 10.5. The minimum atomic E-state index is -0.860. The maximum Gasteiger partial charge on any atom is 0.338 e. The summed E-state index contributed by atoms with van der Waals surface area (Å²) in [6.45, 7) is 5.72. The number of aliphatic hydroxyl groups is 1. The van der Waals surface area contributed by atoms with Crippen molar-refractivity contribution < 1.29 is 29.0 Å². The summed E-state index contributed by atoms with van der Waals surface area (Å²) in [4.78, 5) is 39.8. The standard InChI is InChI=1S/C25H27NO6/c1-5-32-25(30)17-9-6-10-18(13-17)26-22(16-8-7-11-19(14-16)31-4)21(23(28)24(26)29)20(27)12-15(2)3/h6-11,13-15,22,28H,5,12H2,1-4H3. The van der Waals surface area contributed by atoms with Crippen LogP contribution >= 0.6 is 0 Å². The van der Waals surface area contributed by atoms with E-state index in [9.17, 15) is 19.5 Å². The Kier molecular flexibility index (Phi) is 6.98. The number of rotatable bonds is 8. The van der Waals surface area contributed by atoms with E-state index >= 15 is 0 Å². The Morgan fingerprint density at radius 2 is 1.84 bits per heavy atom. The van der Waals surface area contributed by atoms with Gasteiger partial charge in [-0.2, -0.15) is 0 Å². The second-order valence-corrected chi connectivity index (χ2v) is 7.91. The highest BCUT2D eigenvalue weighted by molar-refractivity contribution is 6.16. The fourth-order valence-electron chi connectivity index (χ4n) is 3.76. The van der Waals surface area contributed by atoms with Crippen LogP contribution in [0, 0.1) is 5.92 Å². The number of amides is 1. The highest BCUT2D eigenvalue weighted by Gasteiger charge is 2.44. The van der Waals surface area contributed by atoms with Crippen molar-refractivity contribution in [2.24, 2.45) is 5.92 Å². The lowest BCUT2D eigenvalue weighted by Crippen LogP contribution is -2.31.